The Morgan fingerprint density at radius 3 is 2.67 bits per heavy atom. The molecule has 3 heterocycles. The van der Waals surface area contributed by atoms with E-state index in [-0.39, 0.29) is 16.4 Å². The van der Waals surface area contributed by atoms with Crippen LogP contribution in [0, 0.1) is 5.82 Å². The number of carbonyl (C=O) groups excluding carboxylic acids is 1. The summed E-state index contributed by atoms with van der Waals surface area (Å²) in [6, 6.07) is 10.0. The summed E-state index contributed by atoms with van der Waals surface area (Å²) < 4.78 is 47.9. The van der Waals surface area contributed by atoms with Crippen molar-refractivity contribution in [2.24, 2.45) is 7.05 Å². The molecule has 1 fully saturated rings. The van der Waals surface area contributed by atoms with Crippen molar-refractivity contribution in [3.05, 3.63) is 53.8 Å². The second-order valence-corrected chi connectivity index (χ2v) is 9.46. The maximum Gasteiger partial charge on any atom is 0.258 e. The third kappa shape index (κ3) is 3.81. The molecule has 0 unspecified atom stereocenters. The maximum atomic E-state index is 13.4. The van der Waals surface area contributed by atoms with Crippen LogP contribution >= 0.6 is 0 Å². The number of benzene rings is 2. The number of aryl methyl sites for hydroxylation is 1. The van der Waals surface area contributed by atoms with Crippen LogP contribution in [-0.2, 0) is 21.8 Å². The van der Waals surface area contributed by atoms with Gasteiger partial charge >= 0.3 is 0 Å². The number of sulfonamides is 1. The molecular formula is C21H19FN6O4S. The molecule has 5 rings (SSSR count). The van der Waals surface area contributed by atoms with Crippen molar-refractivity contribution in [2.45, 2.75) is 4.90 Å². The monoisotopic (exact) mass is 470 g/mol. The molecule has 1 amide bonds. The average Bonchev–Trinajstić information content (AvgIpc) is 3.10. The number of fused-ring (bicyclic) bond motifs is 3. The number of anilines is 1. The molecule has 1 aliphatic heterocycles. The lowest BCUT2D eigenvalue weighted by Crippen LogP contribution is -2.40. The fraction of sp³-hybridized carbons (Fsp3) is 0.238. The molecule has 0 saturated carbocycles. The first-order valence-electron chi connectivity index (χ1n) is 10.1. The zero-order valence-corrected chi connectivity index (χ0v) is 18.3. The first kappa shape index (κ1) is 21.4. The van der Waals surface area contributed by atoms with Crippen LogP contribution in [-0.4, -0.2) is 64.7 Å². The zero-order chi connectivity index (χ0) is 23.2. The fourth-order valence-corrected chi connectivity index (χ4v) is 5.22. The van der Waals surface area contributed by atoms with Crippen LogP contribution in [0.2, 0.25) is 0 Å². The molecule has 1 N–H and O–H groups in total. The van der Waals surface area contributed by atoms with E-state index in [4.69, 9.17) is 4.74 Å². The van der Waals surface area contributed by atoms with Crippen LogP contribution in [0.25, 0.3) is 22.1 Å². The summed E-state index contributed by atoms with van der Waals surface area (Å²) in [6.07, 6.45) is 0. The smallest absolute Gasteiger partial charge is 0.258 e. The number of nitrogens with one attached hydrogen (secondary N) is 1. The topological polar surface area (TPSA) is 119 Å². The highest BCUT2D eigenvalue weighted by molar-refractivity contribution is 7.89. The third-order valence-electron chi connectivity index (χ3n) is 5.49. The quantitative estimate of drug-likeness (QED) is 0.484. The molecular weight excluding hydrogens is 451 g/mol. The molecule has 4 aromatic rings. The molecule has 33 heavy (non-hydrogen) atoms. The van der Waals surface area contributed by atoms with E-state index in [2.05, 4.69) is 20.5 Å². The van der Waals surface area contributed by atoms with Gasteiger partial charge in [-0.15, -0.1) is 10.2 Å². The van der Waals surface area contributed by atoms with Gasteiger partial charge in [-0.2, -0.15) is 9.29 Å². The van der Waals surface area contributed by atoms with Crippen molar-refractivity contribution in [3.8, 4) is 0 Å². The summed E-state index contributed by atoms with van der Waals surface area (Å²) >= 11 is 0. The number of rotatable bonds is 4. The van der Waals surface area contributed by atoms with Gasteiger partial charge in [0.15, 0.2) is 5.65 Å². The van der Waals surface area contributed by atoms with Gasteiger partial charge < -0.3 is 9.30 Å². The number of aromatic nitrogens is 4. The predicted molar refractivity (Wildman–Crippen MR) is 118 cm³/mol. The Kier molecular flexibility index (Phi) is 5.27. The van der Waals surface area contributed by atoms with Crippen molar-refractivity contribution >= 4 is 43.9 Å². The van der Waals surface area contributed by atoms with Crippen molar-refractivity contribution in [1.29, 1.82) is 0 Å². The van der Waals surface area contributed by atoms with Crippen molar-refractivity contribution in [2.75, 3.05) is 31.6 Å². The van der Waals surface area contributed by atoms with E-state index in [1.165, 1.54) is 22.5 Å². The fourth-order valence-electron chi connectivity index (χ4n) is 3.79. The van der Waals surface area contributed by atoms with Crippen molar-refractivity contribution in [1.82, 2.24) is 24.1 Å². The standard InChI is InChI=1S/C21H19FN6O4S/c1-27-17-6-5-15(33(30,31)28-7-9-32-10-8-28)12-16(17)18-19(27)23-21(26-25-18)24-20(29)13-3-2-4-14(22)11-13/h2-6,11-12H,7-10H2,1H3,(H,23,24,26,29). The second-order valence-electron chi connectivity index (χ2n) is 7.53. The van der Waals surface area contributed by atoms with Crippen LogP contribution in [0.4, 0.5) is 10.3 Å². The number of morpholine rings is 1. The number of hydrogen-bond acceptors (Lipinski definition) is 7. The Bertz CT molecular complexity index is 1500. The van der Waals surface area contributed by atoms with E-state index >= 15 is 0 Å². The summed E-state index contributed by atoms with van der Waals surface area (Å²) in [6.45, 7) is 1.31. The minimum Gasteiger partial charge on any atom is -0.379 e. The molecule has 10 nitrogen and oxygen atoms in total. The molecule has 0 aliphatic carbocycles. The lowest BCUT2D eigenvalue weighted by atomic mass is 10.2. The summed E-state index contributed by atoms with van der Waals surface area (Å²) in [4.78, 5) is 16.9. The summed E-state index contributed by atoms with van der Waals surface area (Å²) in [7, 11) is -1.93. The summed E-state index contributed by atoms with van der Waals surface area (Å²) in [5.41, 5.74) is 1.64. The van der Waals surface area contributed by atoms with E-state index in [1.807, 2.05) is 0 Å². The molecule has 0 bridgehead atoms. The molecule has 170 valence electrons. The van der Waals surface area contributed by atoms with E-state index in [0.29, 0.717) is 48.4 Å². The Morgan fingerprint density at radius 1 is 1.12 bits per heavy atom. The largest absolute Gasteiger partial charge is 0.379 e. The van der Waals surface area contributed by atoms with E-state index in [0.717, 1.165) is 6.07 Å². The Hall–Kier alpha value is -3.48. The molecule has 2 aromatic carbocycles. The highest BCUT2D eigenvalue weighted by atomic mass is 32.2. The molecule has 1 saturated heterocycles. The lowest BCUT2D eigenvalue weighted by molar-refractivity contribution is 0.0730. The van der Waals surface area contributed by atoms with Crippen LogP contribution in [0.3, 0.4) is 0 Å². The summed E-state index contributed by atoms with van der Waals surface area (Å²) in [5.74, 6) is -1.16. The van der Waals surface area contributed by atoms with Gasteiger partial charge in [0.1, 0.15) is 11.3 Å². The van der Waals surface area contributed by atoms with E-state index < -0.39 is 21.7 Å². The predicted octanol–water partition coefficient (Wildman–Crippen LogP) is 1.93. The minimum absolute atomic E-state index is 0.0520. The number of halogens is 1. The molecule has 0 radical (unpaired) electrons. The Labute approximate surface area is 188 Å². The first-order chi connectivity index (χ1) is 15.8. The Balaban J connectivity index is 1.52. The van der Waals surface area contributed by atoms with Crippen LogP contribution in [0.15, 0.2) is 47.4 Å². The van der Waals surface area contributed by atoms with Gasteiger partial charge in [-0.1, -0.05) is 6.07 Å². The van der Waals surface area contributed by atoms with Gasteiger partial charge in [-0.05, 0) is 36.4 Å². The number of ether oxygens (including phenoxy) is 1. The van der Waals surface area contributed by atoms with Crippen molar-refractivity contribution in [3.63, 3.8) is 0 Å². The normalized spacial score (nSPS) is 15.2. The van der Waals surface area contributed by atoms with Gasteiger partial charge in [0, 0.05) is 31.1 Å². The van der Waals surface area contributed by atoms with E-state index in [9.17, 15) is 17.6 Å². The molecule has 2 aromatic heterocycles. The molecule has 1 aliphatic rings. The highest BCUT2D eigenvalue weighted by Crippen LogP contribution is 2.29. The average molecular weight is 470 g/mol. The second kappa shape index (κ2) is 8.14. The van der Waals surface area contributed by atoms with Gasteiger partial charge in [0.25, 0.3) is 11.9 Å². The van der Waals surface area contributed by atoms with E-state index in [1.54, 1.807) is 29.8 Å². The van der Waals surface area contributed by atoms with Crippen molar-refractivity contribution < 1.29 is 22.3 Å². The van der Waals surface area contributed by atoms with Gasteiger partial charge in [-0.3, -0.25) is 10.1 Å². The van der Waals surface area contributed by atoms with Crippen LogP contribution in [0.5, 0.6) is 0 Å². The van der Waals surface area contributed by atoms with Crippen LogP contribution < -0.4 is 5.32 Å². The summed E-state index contributed by atoms with van der Waals surface area (Å²) in [5, 5.41) is 11.2. The van der Waals surface area contributed by atoms with Gasteiger partial charge in [0.2, 0.25) is 10.0 Å². The SMILES string of the molecule is Cn1c2ccc(S(=O)(=O)N3CCOCC3)cc2c2nnc(NC(=O)c3cccc(F)c3)nc21. The minimum atomic E-state index is -3.68. The van der Waals surface area contributed by atoms with Gasteiger partial charge in [-0.25, -0.2) is 12.8 Å². The number of hydrogen-bond donors (Lipinski definition) is 1. The number of carbonyl (C=O) groups is 1. The third-order valence-corrected chi connectivity index (χ3v) is 7.39. The number of amides is 1. The van der Waals surface area contributed by atoms with Crippen LogP contribution in [0.1, 0.15) is 10.4 Å². The molecule has 0 spiro atoms. The zero-order valence-electron chi connectivity index (χ0n) is 17.5. The lowest BCUT2D eigenvalue weighted by Gasteiger charge is -2.26. The molecule has 0 atom stereocenters. The molecule has 12 heteroatoms. The van der Waals surface area contributed by atoms with Gasteiger partial charge in [0.05, 0.1) is 23.6 Å². The number of nitrogens with zero attached hydrogens (tertiary/aromatic N) is 5. The first-order valence-corrected chi connectivity index (χ1v) is 11.6. The highest BCUT2D eigenvalue weighted by Gasteiger charge is 2.27. The maximum absolute atomic E-state index is 13.4. The Morgan fingerprint density at radius 2 is 1.91 bits per heavy atom.